The van der Waals surface area contributed by atoms with Crippen LogP contribution in [-0.4, -0.2) is 19.4 Å². The van der Waals surface area contributed by atoms with Gasteiger partial charge in [0.05, 0.1) is 12.7 Å². The van der Waals surface area contributed by atoms with E-state index in [1.54, 1.807) is 0 Å². The van der Waals surface area contributed by atoms with E-state index in [9.17, 15) is 18.0 Å². The first-order valence-corrected chi connectivity index (χ1v) is 6.08. The Morgan fingerprint density at radius 3 is 2.60 bits per heavy atom. The van der Waals surface area contributed by atoms with Gasteiger partial charge in [0.15, 0.2) is 0 Å². The molecule has 0 amide bonds. The van der Waals surface area contributed by atoms with E-state index in [1.165, 1.54) is 19.2 Å². The van der Waals surface area contributed by atoms with Gasteiger partial charge in [0.25, 0.3) is 0 Å². The van der Waals surface area contributed by atoms with Crippen LogP contribution < -0.4 is 4.74 Å². The van der Waals surface area contributed by atoms with E-state index >= 15 is 0 Å². The summed E-state index contributed by atoms with van der Waals surface area (Å²) in [5.41, 5.74) is 1.20. The minimum Gasteiger partial charge on any atom is -0.465 e. The smallest absolute Gasteiger partial charge is 0.465 e. The number of ether oxygens (including phenoxy) is 2. The Morgan fingerprint density at radius 1 is 1.30 bits per heavy atom. The molecular weight excluding hydrogens is 273 g/mol. The number of carbonyl (C=O) groups excluding carboxylic acids is 1. The zero-order valence-corrected chi connectivity index (χ0v) is 10.8. The zero-order chi connectivity index (χ0) is 14.8. The number of halogens is 3. The van der Waals surface area contributed by atoms with Gasteiger partial charge in [0.1, 0.15) is 5.75 Å². The lowest BCUT2D eigenvalue weighted by atomic mass is 10.0. The van der Waals surface area contributed by atoms with E-state index in [2.05, 4.69) is 9.47 Å². The van der Waals surface area contributed by atoms with Crippen LogP contribution >= 0.6 is 0 Å². The molecule has 0 aromatic heterocycles. The van der Waals surface area contributed by atoms with Crippen molar-refractivity contribution in [3.8, 4) is 5.75 Å². The quantitative estimate of drug-likeness (QED) is 0.789. The van der Waals surface area contributed by atoms with Gasteiger partial charge in [-0.1, -0.05) is 12.1 Å². The molecular formula is C14H13F3O3. The molecule has 0 aliphatic heterocycles. The van der Waals surface area contributed by atoms with Crippen molar-refractivity contribution in [2.45, 2.75) is 25.6 Å². The summed E-state index contributed by atoms with van der Waals surface area (Å²) in [6, 6.07) is 3.96. The van der Waals surface area contributed by atoms with Gasteiger partial charge >= 0.3 is 12.3 Å². The third kappa shape index (κ3) is 3.31. The fraction of sp³-hybridized carbons (Fsp3) is 0.357. The van der Waals surface area contributed by atoms with Crippen LogP contribution in [0.5, 0.6) is 5.75 Å². The molecule has 0 radical (unpaired) electrons. The van der Waals surface area contributed by atoms with Crippen molar-refractivity contribution < 1.29 is 27.4 Å². The van der Waals surface area contributed by atoms with E-state index < -0.39 is 12.3 Å². The molecule has 0 unspecified atom stereocenters. The van der Waals surface area contributed by atoms with Gasteiger partial charge in [0, 0.05) is 5.56 Å². The van der Waals surface area contributed by atoms with Crippen LogP contribution in [0.15, 0.2) is 24.3 Å². The van der Waals surface area contributed by atoms with Gasteiger partial charge in [-0.2, -0.15) is 0 Å². The number of hydrogen-bond donors (Lipinski definition) is 0. The fourth-order valence-electron chi connectivity index (χ4n) is 2.16. The predicted octanol–water partition coefficient (Wildman–Crippen LogP) is 3.94. The Hall–Kier alpha value is -1.98. The largest absolute Gasteiger partial charge is 0.573 e. The predicted molar refractivity (Wildman–Crippen MR) is 66.3 cm³/mol. The summed E-state index contributed by atoms with van der Waals surface area (Å²) in [6.45, 7) is 0. The number of carbonyl (C=O) groups is 1. The molecule has 108 valence electrons. The van der Waals surface area contributed by atoms with Crippen molar-refractivity contribution in [1.29, 1.82) is 0 Å². The molecule has 20 heavy (non-hydrogen) atoms. The maximum Gasteiger partial charge on any atom is 0.573 e. The highest BCUT2D eigenvalue weighted by Gasteiger charge is 2.33. The summed E-state index contributed by atoms with van der Waals surface area (Å²) >= 11 is 0. The van der Waals surface area contributed by atoms with Crippen LogP contribution in [0.4, 0.5) is 13.2 Å². The van der Waals surface area contributed by atoms with Crippen LogP contribution in [0.25, 0.3) is 5.57 Å². The second kappa shape index (κ2) is 5.56. The number of hydrogen-bond acceptors (Lipinski definition) is 3. The molecule has 2 rings (SSSR count). The first kappa shape index (κ1) is 14.4. The van der Waals surface area contributed by atoms with E-state index in [0.717, 1.165) is 24.5 Å². The van der Waals surface area contributed by atoms with E-state index in [-0.39, 0.29) is 11.3 Å². The minimum absolute atomic E-state index is 0.0223. The molecule has 0 saturated carbocycles. The SMILES string of the molecule is COC(=O)c1ccc(C2=CCCC2)c(OC(F)(F)F)c1. The third-order valence-electron chi connectivity index (χ3n) is 3.02. The van der Waals surface area contributed by atoms with Crippen molar-refractivity contribution in [3.05, 3.63) is 35.4 Å². The molecule has 1 aromatic carbocycles. The molecule has 6 heteroatoms. The van der Waals surface area contributed by atoms with E-state index in [1.807, 2.05) is 6.08 Å². The molecule has 0 spiro atoms. The van der Waals surface area contributed by atoms with E-state index in [4.69, 9.17) is 0 Å². The first-order chi connectivity index (χ1) is 9.40. The number of rotatable bonds is 3. The average Bonchev–Trinajstić information content (AvgIpc) is 2.89. The number of benzene rings is 1. The molecule has 0 atom stereocenters. The molecule has 1 aliphatic carbocycles. The zero-order valence-electron chi connectivity index (χ0n) is 10.8. The number of alkyl halides is 3. The van der Waals surface area contributed by atoms with Crippen molar-refractivity contribution in [1.82, 2.24) is 0 Å². The maximum absolute atomic E-state index is 12.5. The van der Waals surface area contributed by atoms with Gasteiger partial charge in [-0.25, -0.2) is 4.79 Å². The van der Waals surface area contributed by atoms with Crippen molar-refractivity contribution >= 4 is 11.5 Å². The summed E-state index contributed by atoms with van der Waals surface area (Å²) in [5.74, 6) is -1.07. The van der Waals surface area contributed by atoms with Gasteiger partial charge in [-0.15, -0.1) is 13.2 Å². The lowest BCUT2D eigenvalue weighted by Gasteiger charge is -2.15. The molecule has 3 nitrogen and oxygen atoms in total. The first-order valence-electron chi connectivity index (χ1n) is 6.08. The number of methoxy groups -OCH3 is 1. The van der Waals surface area contributed by atoms with Crippen LogP contribution in [0.3, 0.4) is 0 Å². The highest BCUT2D eigenvalue weighted by molar-refractivity contribution is 5.90. The Bertz CT molecular complexity index is 547. The van der Waals surface area contributed by atoms with Gasteiger partial charge < -0.3 is 9.47 Å². The molecule has 1 aliphatic rings. The summed E-state index contributed by atoms with van der Waals surface area (Å²) in [5, 5.41) is 0. The summed E-state index contributed by atoms with van der Waals surface area (Å²) in [4.78, 5) is 11.4. The second-order valence-corrected chi connectivity index (χ2v) is 4.37. The van der Waals surface area contributed by atoms with Crippen molar-refractivity contribution in [3.63, 3.8) is 0 Å². The molecule has 0 fully saturated rings. The van der Waals surface area contributed by atoms with Crippen molar-refractivity contribution in [2.75, 3.05) is 7.11 Å². The Labute approximate surface area is 114 Å². The van der Waals surface area contributed by atoms with Gasteiger partial charge in [-0.05, 0) is 37.0 Å². The highest BCUT2D eigenvalue weighted by atomic mass is 19.4. The topological polar surface area (TPSA) is 35.5 Å². The second-order valence-electron chi connectivity index (χ2n) is 4.37. The monoisotopic (exact) mass is 286 g/mol. The summed E-state index contributed by atoms with van der Waals surface area (Å²) in [6.07, 6.45) is -0.482. The third-order valence-corrected chi connectivity index (χ3v) is 3.02. The van der Waals surface area contributed by atoms with Gasteiger partial charge in [0.2, 0.25) is 0 Å². The lowest BCUT2D eigenvalue weighted by molar-refractivity contribution is -0.274. The van der Waals surface area contributed by atoms with Crippen LogP contribution in [-0.2, 0) is 4.74 Å². The van der Waals surface area contributed by atoms with E-state index in [0.29, 0.717) is 12.0 Å². The summed E-state index contributed by atoms with van der Waals surface area (Å²) in [7, 11) is 1.17. The Kier molecular flexibility index (Phi) is 4.01. The Morgan fingerprint density at radius 2 is 2.05 bits per heavy atom. The average molecular weight is 286 g/mol. The van der Waals surface area contributed by atoms with Crippen LogP contribution in [0.1, 0.15) is 35.2 Å². The lowest BCUT2D eigenvalue weighted by Crippen LogP contribution is -2.18. The van der Waals surface area contributed by atoms with Crippen LogP contribution in [0.2, 0.25) is 0 Å². The fourth-order valence-corrected chi connectivity index (χ4v) is 2.16. The molecule has 0 saturated heterocycles. The molecule has 0 heterocycles. The highest BCUT2D eigenvalue weighted by Crippen LogP contribution is 2.36. The molecule has 1 aromatic rings. The molecule has 0 N–H and O–H groups in total. The number of allylic oxidation sites excluding steroid dienone is 2. The van der Waals surface area contributed by atoms with Crippen molar-refractivity contribution in [2.24, 2.45) is 0 Å². The number of esters is 1. The normalized spacial score (nSPS) is 14.9. The summed E-state index contributed by atoms with van der Waals surface area (Å²) < 4.78 is 45.9. The van der Waals surface area contributed by atoms with Gasteiger partial charge in [-0.3, -0.25) is 0 Å². The molecule has 0 bridgehead atoms. The minimum atomic E-state index is -4.80. The Balaban J connectivity index is 2.42. The van der Waals surface area contributed by atoms with Crippen LogP contribution in [0, 0.1) is 0 Å². The standard InChI is InChI=1S/C14H13F3O3/c1-19-13(18)10-6-7-11(9-4-2-3-5-9)12(8-10)20-14(15,16)17/h4,6-8H,2-3,5H2,1H3. The maximum atomic E-state index is 12.5.